The normalized spacial score (nSPS) is 28.2. The average Bonchev–Trinajstić information content (AvgIpc) is 2.50. The van der Waals surface area contributed by atoms with Crippen LogP contribution in [0.15, 0.2) is 0 Å². The standard InChI is InChI=1S/C17H35N/c1-7-18-16(13(2)3)14-9-8-10-15(12-11-14)17(4,5)6/h13-16,18H,7-12H2,1-6H3. The monoisotopic (exact) mass is 253 g/mol. The van der Waals surface area contributed by atoms with Gasteiger partial charge in [0.25, 0.3) is 0 Å². The van der Waals surface area contributed by atoms with Crippen molar-refractivity contribution in [3.63, 3.8) is 0 Å². The van der Waals surface area contributed by atoms with E-state index >= 15 is 0 Å². The van der Waals surface area contributed by atoms with E-state index in [0.717, 1.165) is 30.3 Å². The van der Waals surface area contributed by atoms with E-state index in [4.69, 9.17) is 0 Å². The van der Waals surface area contributed by atoms with Gasteiger partial charge in [-0.05, 0) is 55.4 Å². The molecule has 1 nitrogen and oxygen atoms in total. The maximum Gasteiger partial charge on any atom is 0.0118 e. The quantitative estimate of drug-likeness (QED) is 0.705. The van der Waals surface area contributed by atoms with Crippen LogP contribution in [0, 0.1) is 23.2 Å². The molecule has 0 aliphatic heterocycles. The lowest BCUT2D eigenvalue weighted by atomic mass is 9.76. The van der Waals surface area contributed by atoms with Gasteiger partial charge in [-0.1, -0.05) is 48.0 Å². The third-order valence-electron chi connectivity index (χ3n) is 4.90. The van der Waals surface area contributed by atoms with Gasteiger partial charge in [0.15, 0.2) is 0 Å². The Hall–Kier alpha value is -0.0400. The van der Waals surface area contributed by atoms with E-state index in [1.807, 2.05) is 0 Å². The molecule has 1 saturated carbocycles. The molecule has 0 radical (unpaired) electrons. The largest absolute Gasteiger partial charge is 0.314 e. The highest BCUT2D eigenvalue weighted by atomic mass is 14.9. The summed E-state index contributed by atoms with van der Waals surface area (Å²) in [5.41, 5.74) is 0.500. The molecule has 1 aliphatic rings. The van der Waals surface area contributed by atoms with Crippen LogP contribution in [0.3, 0.4) is 0 Å². The molecule has 1 aliphatic carbocycles. The van der Waals surface area contributed by atoms with Crippen molar-refractivity contribution in [2.24, 2.45) is 23.2 Å². The van der Waals surface area contributed by atoms with Crippen molar-refractivity contribution >= 4 is 0 Å². The molecular formula is C17H35N. The molecule has 1 rings (SSSR count). The second kappa shape index (κ2) is 6.93. The Morgan fingerprint density at radius 3 is 2.22 bits per heavy atom. The van der Waals surface area contributed by atoms with E-state index in [1.54, 1.807) is 0 Å². The summed E-state index contributed by atoms with van der Waals surface area (Å²) >= 11 is 0. The van der Waals surface area contributed by atoms with Gasteiger partial charge < -0.3 is 5.32 Å². The first kappa shape index (κ1) is 16.0. The van der Waals surface area contributed by atoms with Gasteiger partial charge in [0.2, 0.25) is 0 Å². The summed E-state index contributed by atoms with van der Waals surface area (Å²) in [7, 11) is 0. The summed E-state index contributed by atoms with van der Waals surface area (Å²) in [4.78, 5) is 0. The predicted molar refractivity (Wildman–Crippen MR) is 81.8 cm³/mol. The smallest absolute Gasteiger partial charge is 0.0118 e. The van der Waals surface area contributed by atoms with Crippen LogP contribution in [-0.4, -0.2) is 12.6 Å². The van der Waals surface area contributed by atoms with Crippen molar-refractivity contribution < 1.29 is 0 Å². The van der Waals surface area contributed by atoms with Crippen molar-refractivity contribution in [3.8, 4) is 0 Å². The Morgan fingerprint density at radius 1 is 1.06 bits per heavy atom. The molecule has 0 aromatic carbocycles. The van der Waals surface area contributed by atoms with Crippen molar-refractivity contribution in [3.05, 3.63) is 0 Å². The lowest BCUT2D eigenvalue weighted by Crippen LogP contribution is -2.40. The van der Waals surface area contributed by atoms with Gasteiger partial charge in [-0.25, -0.2) is 0 Å². The molecule has 1 N–H and O–H groups in total. The first-order valence-electron chi connectivity index (χ1n) is 8.09. The Balaban J connectivity index is 2.59. The fourth-order valence-corrected chi connectivity index (χ4v) is 3.74. The minimum absolute atomic E-state index is 0.500. The molecular weight excluding hydrogens is 218 g/mol. The van der Waals surface area contributed by atoms with Gasteiger partial charge >= 0.3 is 0 Å². The highest BCUT2D eigenvalue weighted by Gasteiger charge is 2.31. The molecule has 108 valence electrons. The Kier molecular flexibility index (Phi) is 6.17. The molecule has 0 heterocycles. The van der Waals surface area contributed by atoms with Gasteiger partial charge in [0.05, 0.1) is 0 Å². The maximum atomic E-state index is 3.73. The number of nitrogens with one attached hydrogen (secondary N) is 1. The van der Waals surface area contributed by atoms with Crippen LogP contribution < -0.4 is 5.32 Å². The molecule has 0 spiro atoms. The molecule has 18 heavy (non-hydrogen) atoms. The van der Waals surface area contributed by atoms with Crippen molar-refractivity contribution in [2.75, 3.05) is 6.54 Å². The second-order valence-corrected chi connectivity index (χ2v) is 7.66. The van der Waals surface area contributed by atoms with Crippen molar-refractivity contribution in [1.29, 1.82) is 0 Å². The average molecular weight is 253 g/mol. The zero-order chi connectivity index (χ0) is 13.8. The summed E-state index contributed by atoms with van der Waals surface area (Å²) in [5, 5.41) is 3.73. The van der Waals surface area contributed by atoms with Gasteiger partial charge in [-0.15, -0.1) is 0 Å². The first-order chi connectivity index (χ1) is 8.36. The molecule has 1 heteroatoms. The SMILES string of the molecule is CCNC(C(C)C)C1CCCC(C(C)(C)C)CC1. The van der Waals surface area contributed by atoms with Crippen LogP contribution in [0.5, 0.6) is 0 Å². The third-order valence-corrected chi connectivity index (χ3v) is 4.90. The van der Waals surface area contributed by atoms with E-state index in [-0.39, 0.29) is 0 Å². The number of rotatable bonds is 4. The third kappa shape index (κ3) is 4.57. The number of hydrogen-bond donors (Lipinski definition) is 1. The maximum absolute atomic E-state index is 3.73. The zero-order valence-corrected chi connectivity index (χ0v) is 13.6. The first-order valence-corrected chi connectivity index (χ1v) is 8.09. The van der Waals surface area contributed by atoms with Crippen LogP contribution >= 0.6 is 0 Å². The zero-order valence-electron chi connectivity index (χ0n) is 13.6. The van der Waals surface area contributed by atoms with E-state index in [9.17, 15) is 0 Å². The molecule has 0 amide bonds. The highest BCUT2D eigenvalue weighted by molar-refractivity contribution is 4.85. The minimum atomic E-state index is 0.500. The van der Waals surface area contributed by atoms with Crippen LogP contribution in [0.25, 0.3) is 0 Å². The predicted octanol–water partition coefficient (Wildman–Crippen LogP) is 4.86. The Bertz CT molecular complexity index is 226. The highest BCUT2D eigenvalue weighted by Crippen LogP contribution is 2.39. The number of hydrogen-bond acceptors (Lipinski definition) is 1. The van der Waals surface area contributed by atoms with E-state index < -0.39 is 0 Å². The summed E-state index contributed by atoms with van der Waals surface area (Å²) < 4.78 is 0. The van der Waals surface area contributed by atoms with Gasteiger partial charge in [-0.2, -0.15) is 0 Å². The Labute approximate surface area is 115 Å². The second-order valence-electron chi connectivity index (χ2n) is 7.66. The molecule has 0 bridgehead atoms. The molecule has 0 aromatic rings. The van der Waals surface area contributed by atoms with Crippen molar-refractivity contribution in [1.82, 2.24) is 5.32 Å². The van der Waals surface area contributed by atoms with E-state index in [2.05, 4.69) is 46.9 Å². The van der Waals surface area contributed by atoms with Gasteiger partial charge in [0.1, 0.15) is 0 Å². The van der Waals surface area contributed by atoms with Gasteiger partial charge in [0, 0.05) is 6.04 Å². The van der Waals surface area contributed by atoms with Gasteiger partial charge in [-0.3, -0.25) is 0 Å². The topological polar surface area (TPSA) is 12.0 Å². The molecule has 0 saturated heterocycles. The van der Waals surface area contributed by atoms with E-state index in [0.29, 0.717) is 5.41 Å². The molecule has 3 unspecified atom stereocenters. The van der Waals surface area contributed by atoms with Crippen molar-refractivity contribution in [2.45, 2.75) is 79.7 Å². The summed E-state index contributed by atoms with van der Waals surface area (Å²) in [5.74, 6) is 2.59. The molecule has 3 atom stereocenters. The van der Waals surface area contributed by atoms with Crippen LogP contribution in [0.2, 0.25) is 0 Å². The fraction of sp³-hybridized carbons (Fsp3) is 1.00. The van der Waals surface area contributed by atoms with E-state index in [1.165, 1.54) is 32.1 Å². The minimum Gasteiger partial charge on any atom is -0.314 e. The molecule has 0 aromatic heterocycles. The lowest BCUT2D eigenvalue weighted by molar-refractivity contribution is 0.205. The molecule has 1 fully saturated rings. The van der Waals surface area contributed by atoms with Crippen LogP contribution in [-0.2, 0) is 0 Å². The summed E-state index contributed by atoms with van der Waals surface area (Å²) in [6.45, 7) is 15.4. The van der Waals surface area contributed by atoms with Crippen LogP contribution in [0.1, 0.15) is 73.6 Å². The Morgan fingerprint density at radius 2 is 1.72 bits per heavy atom. The fourth-order valence-electron chi connectivity index (χ4n) is 3.74. The summed E-state index contributed by atoms with van der Waals surface area (Å²) in [6.07, 6.45) is 7.17. The summed E-state index contributed by atoms with van der Waals surface area (Å²) in [6, 6.07) is 0.730. The lowest BCUT2D eigenvalue weighted by Gasteiger charge is -2.32. The van der Waals surface area contributed by atoms with Crippen LogP contribution in [0.4, 0.5) is 0 Å².